The van der Waals surface area contributed by atoms with E-state index in [0.29, 0.717) is 0 Å². The van der Waals surface area contributed by atoms with Crippen LogP contribution in [0.4, 0.5) is 11.4 Å². The third kappa shape index (κ3) is 6.72. The van der Waals surface area contributed by atoms with Gasteiger partial charge in [0.05, 0.1) is 42.9 Å². The van der Waals surface area contributed by atoms with E-state index in [1.54, 1.807) is 0 Å². The van der Waals surface area contributed by atoms with Gasteiger partial charge in [-0.05, 0) is 55.3 Å². The van der Waals surface area contributed by atoms with Crippen molar-refractivity contribution in [1.82, 2.24) is 0 Å². The minimum atomic E-state index is -1.03. The molecule has 6 aromatic rings. The second kappa shape index (κ2) is 15.2. The van der Waals surface area contributed by atoms with Crippen molar-refractivity contribution in [3.05, 3.63) is 136 Å². The molecule has 8 rings (SSSR count). The molecule has 0 radical (unpaired) electrons. The fourth-order valence-electron chi connectivity index (χ4n) is 6.17. The van der Waals surface area contributed by atoms with Crippen LogP contribution in [0.25, 0.3) is 10.8 Å². The second-order valence-corrected chi connectivity index (χ2v) is 14.4. The molecule has 270 valence electrons. The molecule has 1 aliphatic carbocycles. The first-order chi connectivity index (χ1) is 24.8. The van der Waals surface area contributed by atoms with Gasteiger partial charge in [-0.3, -0.25) is 0 Å². The summed E-state index contributed by atoms with van der Waals surface area (Å²) in [5.41, 5.74) is 11.0. The van der Waals surface area contributed by atoms with Crippen LogP contribution in [0.1, 0.15) is 33.4 Å². The number of ether oxygens (including phenoxy) is 2. The summed E-state index contributed by atoms with van der Waals surface area (Å²) in [6, 6.07) is 25.6. The number of rotatable bonds is 2. The number of aryl methyl sites for hydroxylation is 4. The van der Waals surface area contributed by atoms with E-state index in [4.69, 9.17) is 89.1 Å². The molecule has 1 heterocycles. The molecule has 0 spiro atoms. The van der Waals surface area contributed by atoms with Gasteiger partial charge in [0.2, 0.25) is 0 Å². The Balaban J connectivity index is 0.000000187. The summed E-state index contributed by atoms with van der Waals surface area (Å²) in [6.07, 6.45) is 0. The van der Waals surface area contributed by atoms with E-state index in [0.717, 1.165) is 33.9 Å². The zero-order valence-electron chi connectivity index (χ0n) is 28.0. The fourth-order valence-corrected chi connectivity index (χ4v) is 7.49. The Morgan fingerprint density at radius 2 is 0.774 bits per heavy atom. The van der Waals surface area contributed by atoms with Gasteiger partial charge in [0, 0.05) is 16.5 Å². The minimum absolute atomic E-state index is 0. The summed E-state index contributed by atoms with van der Waals surface area (Å²) < 4.78 is 10.9. The molecule has 0 atom stereocenters. The van der Waals surface area contributed by atoms with Gasteiger partial charge < -0.3 is 19.7 Å². The largest absolute Gasteiger partial charge is 2.00 e. The Morgan fingerprint density at radius 1 is 0.453 bits per heavy atom. The molecular weight excluding hydrogens is 844 g/mol. The van der Waals surface area contributed by atoms with E-state index in [1.165, 1.54) is 33.0 Å². The van der Waals surface area contributed by atoms with Crippen LogP contribution < -0.4 is 19.7 Å². The van der Waals surface area contributed by atoms with E-state index >= 15 is 0 Å². The van der Waals surface area contributed by atoms with E-state index in [2.05, 4.69) is 100 Å². The maximum absolute atomic E-state index is 11.7. The van der Waals surface area contributed by atoms with Crippen LogP contribution in [-0.4, -0.2) is 11.4 Å². The fraction of sp³-hybridized carbons (Fsp3) is 0.100. The first kappa shape index (κ1) is 39.1. The predicted octanol–water partition coefficient (Wildman–Crippen LogP) is 13.0. The average Bonchev–Trinajstić information content (AvgIpc) is 3.43. The van der Waals surface area contributed by atoms with E-state index in [1.807, 2.05) is 0 Å². The topological polar surface area (TPSA) is 89.3 Å². The normalized spacial score (nSPS) is 13.8. The molecule has 0 fully saturated rings. The SMILES string of the molecule is Cc1cccc(C)c1N=C1C(=Nc2c(C)cccc2C)c2cccc3cccc1c23.[Ni+2].[O-]c1c([O-])c(Cl)c2c(c1Cl)Oc1c(Cl)c(Cl)c(Cl)c(Cl)c1O2. The van der Waals surface area contributed by atoms with Crippen molar-refractivity contribution in [2.24, 2.45) is 9.98 Å². The van der Waals surface area contributed by atoms with Crippen molar-refractivity contribution >= 4 is 103 Å². The third-order valence-electron chi connectivity index (χ3n) is 8.77. The molecule has 13 heteroatoms. The number of halogens is 6. The quantitative estimate of drug-likeness (QED) is 0.0983. The first-order valence-corrected chi connectivity index (χ1v) is 18.0. The van der Waals surface area contributed by atoms with E-state index < -0.39 is 21.5 Å². The van der Waals surface area contributed by atoms with Gasteiger partial charge in [0.25, 0.3) is 0 Å². The van der Waals surface area contributed by atoms with Crippen molar-refractivity contribution in [2.45, 2.75) is 27.7 Å². The number of fused-ring (bicyclic) bond motifs is 2. The van der Waals surface area contributed by atoms with Crippen LogP contribution in [0.5, 0.6) is 34.5 Å². The van der Waals surface area contributed by atoms with Gasteiger partial charge in [-0.1, -0.05) is 154 Å². The van der Waals surface area contributed by atoms with Gasteiger partial charge in [0.15, 0.2) is 23.0 Å². The Labute approximate surface area is 345 Å². The van der Waals surface area contributed by atoms with Crippen molar-refractivity contribution in [3.63, 3.8) is 0 Å². The van der Waals surface area contributed by atoms with Gasteiger partial charge >= 0.3 is 16.5 Å². The smallest absolute Gasteiger partial charge is 0.872 e. The zero-order chi connectivity index (χ0) is 37.2. The van der Waals surface area contributed by atoms with Gasteiger partial charge in [0.1, 0.15) is 10.0 Å². The Morgan fingerprint density at radius 3 is 1.13 bits per heavy atom. The predicted molar refractivity (Wildman–Crippen MR) is 210 cm³/mol. The van der Waals surface area contributed by atoms with Crippen molar-refractivity contribution < 1.29 is 36.2 Å². The molecule has 0 saturated carbocycles. The summed E-state index contributed by atoms with van der Waals surface area (Å²) in [5, 5.41) is 24.5. The maximum Gasteiger partial charge on any atom is 2.00 e. The Kier molecular flexibility index (Phi) is 11.2. The Bertz CT molecular complexity index is 2300. The molecule has 0 saturated heterocycles. The summed E-state index contributed by atoms with van der Waals surface area (Å²) in [5.74, 6) is -2.74. The number of aliphatic imine (C=N–C) groups is 2. The monoisotopic (exact) mass is 864 g/mol. The first-order valence-electron chi connectivity index (χ1n) is 15.7. The summed E-state index contributed by atoms with van der Waals surface area (Å²) >= 11 is 35.5. The van der Waals surface area contributed by atoms with Crippen molar-refractivity contribution in [2.75, 3.05) is 0 Å². The second-order valence-electron chi connectivity index (χ2n) is 12.2. The summed E-state index contributed by atoms with van der Waals surface area (Å²) in [4.78, 5) is 10.4. The van der Waals surface area contributed by atoms with Crippen LogP contribution in [0.3, 0.4) is 0 Å². The molecule has 53 heavy (non-hydrogen) atoms. The average molecular weight is 868 g/mol. The van der Waals surface area contributed by atoms with Crippen molar-refractivity contribution in [1.29, 1.82) is 0 Å². The molecule has 2 aliphatic rings. The molecule has 6 aromatic carbocycles. The number of nitrogens with zero attached hydrogens (tertiary/aromatic N) is 2. The van der Waals surface area contributed by atoms with Crippen LogP contribution in [-0.2, 0) is 16.5 Å². The van der Waals surface area contributed by atoms with Crippen LogP contribution >= 0.6 is 69.6 Å². The van der Waals surface area contributed by atoms with Crippen molar-refractivity contribution in [3.8, 4) is 34.5 Å². The summed E-state index contributed by atoms with van der Waals surface area (Å²) in [7, 11) is 0. The molecule has 0 N–H and O–H groups in total. The van der Waals surface area contributed by atoms with Gasteiger partial charge in [-0.2, -0.15) is 0 Å². The molecule has 0 unspecified atom stereocenters. The van der Waals surface area contributed by atoms with Crippen LogP contribution in [0, 0.1) is 27.7 Å². The molecule has 1 aliphatic heterocycles. The number of hydrogen-bond donors (Lipinski definition) is 0. The molecule has 6 nitrogen and oxygen atoms in total. The molecular formula is C40H24Cl6N2NiO4. The van der Waals surface area contributed by atoms with E-state index in [9.17, 15) is 10.2 Å². The molecule has 0 bridgehead atoms. The van der Waals surface area contributed by atoms with Gasteiger partial charge in [-0.25, -0.2) is 9.98 Å². The maximum atomic E-state index is 11.7. The minimum Gasteiger partial charge on any atom is -0.872 e. The number of hydrogen-bond acceptors (Lipinski definition) is 6. The molecule has 0 aromatic heterocycles. The standard InChI is InChI=1S/C28H24N2.C12H2Cl6O4.Ni/c1-17-9-5-10-18(2)25(17)29-27-22-15-7-13-21-14-8-16-23(24(21)22)28(27)30-26-19(3)11-6-12-20(26)4;13-1-2(14)4(16)10-9(3(1)15)21-11-5(17)7(19)8(20)6(18)12(11)22-10;/h5-16H,1-4H3;19-20H;/q;;+2/p-2. The van der Waals surface area contributed by atoms with Crippen LogP contribution in [0.2, 0.25) is 30.1 Å². The Hall–Kier alpha value is -3.65. The number of benzene rings is 6. The third-order valence-corrected chi connectivity index (χ3v) is 11.2. The summed E-state index contributed by atoms with van der Waals surface area (Å²) in [6.45, 7) is 8.49. The molecule has 0 amide bonds. The van der Waals surface area contributed by atoms with Gasteiger partial charge in [-0.15, -0.1) is 0 Å². The van der Waals surface area contributed by atoms with E-state index in [-0.39, 0.29) is 59.6 Å². The zero-order valence-corrected chi connectivity index (χ0v) is 33.6. The van der Waals surface area contributed by atoms with Crippen LogP contribution in [0.15, 0.2) is 82.8 Å². The number of para-hydroxylation sites is 2.